The van der Waals surface area contributed by atoms with E-state index in [4.69, 9.17) is 0 Å². The molecule has 3 rings (SSSR count). The van der Waals surface area contributed by atoms with Crippen molar-refractivity contribution in [3.63, 3.8) is 0 Å². The minimum atomic E-state index is -4.42. The average molecular weight is 385 g/mol. The third-order valence-electron chi connectivity index (χ3n) is 3.78. The first kappa shape index (κ1) is 18.7. The van der Waals surface area contributed by atoms with Crippen LogP contribution < -0.4 is 5.32 Å². The number of alkyl halides is 3. The van der Waals surface area contributed by atoms with Crippen LogP contribution in [0.2, 0.25) is 0 Å². The van der Waals surface area contributed by atoms with Gasteiger partial charge in [-0.15, -0.1) is 11.3 Å². The quantitative estimate of drug-likeness (QED) is 0.551. The van der Waals surface area contributed by atoms with Gasteiger partial charge < -0.3 is 5.32 Å². The molecule has 0 aliphatic heterocycles. The summed E-state index contributed by atoms with van der Waals surface area (Å²) in [6.45, 7) is 1.99. The number of nitrogens with zero attached hydrogens (tertiary/aromatic N) is 2. The van der Waals surface area contributed by atoms with Crippen molar-refractivity contribution in [2.45, 2.75) is 13.1 Å². The normalized spacial score (nSPS) is 11.9. The van der Waals surface area contributed by atoms with Gasteiger partial charge in [0.2, 0.25) is 0 Å². The van der Waals surface area contributed by atoms with Gasteiger partial charge >= 0.3 is 6.18 Å². The summed E-state index contributed by atoms with van der Waals surface area (Å²) < 4.78 is 38.3. The average Bonchev–Trinajstić information content (AvgIpc) is 3.12. The van der Waals surface area contributed by atoms with E-state index in [2.05, 4.69) is 10.3 Å². The Morgan fingerprint density at radius 1 is 1.19 bits per heavy atom. The summed E-state index contributed by atoms with van der Waals surface area (Å²) in [7, 11) is 0. The maximum atomic E-state index is 12.8. The number of nitriles is 1. The molecule has 0 unspecified atom stereocenters. The van der Waals surface area contributed by atoms with Crippen LogP contribution in [0.5, 0.6) is 0 Å². The molecule has 1 heterocycles. The van der Waals surface area contributed by atoms with Crippen LogP contribution in [0.1, 0.15) is 16.1 Å². The molecular weight excluding hydrogens is 371 g/mol. The highest BCUT2D eigenvalue weighted by Crippen LogP contribution is 2.31. The predicted octanol–water partition coefficient (Wildman–Crippen LogP) is 6.11. The molecule has 136 valence electrons. The van der Waals surface area contributed by atoms with E-state index in [0.29, 0.717) is 5.01 Å². The number of allylic oxidation sites excluding steroid dienone is 1. The number of anilines is 1. The molecule has 0 saturated heterocycles. The van der Waals surface area contributed by atoms with E-state index in [1.165, 1.54) is 29.7 Å². The van der Waals surface area contributed by atoms with E-state index in [1.807, 2.05) is 42.6 Å². The summed E-state index contributed by atoms with van der Waals surface area (Å²) in [5.41, 5.74) is 2.55. The predicted molar refractivity (Wildman–Crippen MR) is 101 cm³/mol. The first-order valence-corrected chi connectivity index (χ1v) is 8.82. The SMILES string of the molecule is Cc1ccc(-c2csc(/C(C#N)=C/Nc3cccc(C(F)(F)F)c3)n2)cc1. The first-order chi connectivity index (χ1) is 12.9. The lowest BCUT2D eigenvalue weighted by atomic mass is 10.1. The number of hydrogen-bond acceptors (Lipinski definition) is 4. The van der Waals surface area contributed by atoms with E-state index >= 15 is 0 Å². The Morgan fingerprint density at radius 2 is 1.93 bits per heavy atom. The van der Waals surface area contributed by atoms with Crippen LogP contribution in [0.4, 0.5) is 18.9 Å². The summed E-state index contributed by atoms with van der Waals surface area (Å²) in [5.74, 6) is 0. The number of hydrogen-bond donors (Lipinski definition) is 1. The Morgan fingerprint density at radius 3 is 2.59 bits per heavy atom. The lowest BCUT2D eigenvalue weighted by molar-refractivity contribution is -0.137. The van der Waals surface area contributed by atoms with Gasteiger partial charge in [0.15, 0.2) is 0 Å². The molecule has 7 heteroatoms. The first-order valence-electron chi connectivity index (χ1n) is 7.94. The van der Waals surface area contributed by atoms with Gasteiger partial charge in [0.1, 0.15) is 16.6 Å². The van der Waals surface area contributed by atoms with Crippen molar-refractivity contribution in [3.05, 3.63) is 76.2 Å². The second kappa shape index (κ2) is 7.64. The monoisotopic (exact) mass is 385 g/mol. The zero-order valence-electron chi connectivity index (χ0n) is 14.2. The third-order valence-corrected chi connectivity index (χ3v) is 4.65. The Balaban J connectivity index is 1.82. The van der Waals surface area contributed by atoms with E-state index in [1.54, 1.807) is 0 Å². The van der Waals surface area contributed by atoms with Crippen LogP contribution in [0, 0.1) is 18.3 Å². The number of aromatic nitrogens is 1. The van der Waals surface area contributed by atoms with Crippen LogP contribution in [0.25, 0.3) is 16.8 Å². The molecule has 0 amide bonds. The Labute approximate surface area is 158 Å². The maximum Gasteiger partial charge on any atom is 0.416 e. The highest BCUT2D eigenvalue weighted by molar-refractivity contribution is 7.11. The molecule has 0 fully saturated rings. The number of nitrogens with one attached hydrogen (secondary N) is 1. The largest absolute Gasteiger partial charge is 0.416 e. The minimum absolute atomic E-state index is 0.243. The van der Waals surface area contributed by atoms with E-state index in [-0.39, 0.29) is 11.3 Å². The van der Waals surface area contributed by atoms with Gasteiger partial charge in [0.05, 0.1) is 11.3 Å². The van der Waals surface area contributed by atoms with Crippen molar-refractivity contribution in [1.82, 2.24) is 4.98 Å². The molecular formula is C20H14F3N3S. The fourth-order valence-corrected chi connectivity index (χ4v) is 3.13. The van der Waals surface area contributed by atoms with Crippen LogP contribution >= 0.6 is 11.3 Å². The Bertz CT molecular complexity index is 1010. The summed E-state index contributed by atoms with van der Waals surface area (Å²) in [6, 6.07) is 14.7. The molecule has 0 spiro atoms. The van der Waals surface area contributed by atoms with Crippen LogP contribution in [0.15, 0.2) is 60.1 Å². The number of aryl methyl sites for hydroxylation is 1. The molecule has 1 aromatic heterocycles. The molecule has 0 aliphatic rings. The summed E-state index contributed by atoms with van der Waals surface area (Å²) in [4.78, 5) is 4.46. The molecule has 2 aromatic carbocycles. The molecule has 1 N–H and O–H groups in total. The molecule has 3 aromatic rings. The fraction of sp³-hybridized carbons (Fsp3) is 0.100. The van der Waals surface area contributed by atoms with Crippen molar-refractivity contribution in [2.24, 2.45) is 0 Å². The fourth-order valence-electron chi connectivity index (χ4n) is 2.34. The highest BCUT2D eigenvalue weighted by Gasteiger charge is 2.30. The maximum absolute atomic E-state index is 12.8. The number of rotatable bonds is 4. The van der Waals surface area contributed by atoms with Gasteiger partial charge in [-0.05, 0) is 25.1 Å². The van der Waals surface area contributed by atoms with E-state index < -0.39 is 11.7 Å². The van der Waals surface area contributed by atoms with Crippen molar-refractivity contribution < 1.29 is 13.2 Å². The molecule has 27 heavy (non-hydrogen) atoms. The lowest BCUT2D eigenvalue weighted by Gasteiger charge is -2.08. The third kappa shape index (κ3) is 4.54. The summed E-state index contributed by atoms with van der Waals surface area (Å²) in [6.07, 6.45) is -3.05. The summed E-state index contributed by atoms with van der Waals surface area (Å²) >= 11 is 1.30. The van der Waals surface area contributed by atoms with E-state index in [0.717, 1.165) is 29.0 Å². The van der Waals surface area contributed by atoms with Crippen molar-refractivity contribution >= 4 is 22.6 Å². The molecule has 0 saturated carbocycles. The lowest BCUT2D eigenvalue weighted by Crippen LogP contribution is -2.05. The topological polar surface area (TPSA) is 48.7 Å². The van der Waals surface area contributed by atoms with Crippen LogP contribution in [0.3, 0.4) is 0 Å². The zero-order chi connectivity index (χ0) is 19.4. The van der Waals surface area contributed by atoms with Gasteiger partial charge in [-0.3, -0.25) is 0 Å². The molecule has 0 atom stereocenters. The molecule has 3 nitrogen and oxygen atoms in total. The molecule has 0 aliphatic carbocycles. The molecule has 0 bridgehead atoms. The number of thiazole rings is 1. The number of benzene rings is 2. The van der Waals surface area contributed by atoms with Crippen molar-refractivity contribution in [2.75, 3.05) is 5.32 Å². The second-order valence-electron chi connectivity index (χ2n) is 5.80. The standard InChI is InChI=1S/C20H14F3N3S/c1-13-5-7-14(8-6-13)18-12-27-19(26-18)15(10-24)11-25-17-4-2-3-16(9-17)20(21,22)23/h2-9,11-12,25H,1H3/b15-11+. The van der Waals surface area contributed by atoms with Crippen LogP contribution in [-0.2, 0) is 6.18 Å². The summed E-state index contributed by atoms with van der Waals surface area (Å²) in [5, 5.41) is 14.5. The highest BCUT2D eigenvalue weighted by atomic mass is 32.1. The zero-order valence-corrected chi connectivity index (χ0v) is 15.0. The smallest absolute Gasteiger partial charge is 0.360 e. The van der Waals surface area contributed by atoms with Gasteiger partial charge in [0, 0.05) is 22.8 Å². The van der Waals surface area contributed by atoms with Crippen molar-refractivity contribution in [1.29, 1.82) is 5.26 Å². The number of halogens is 3. The van der Waals surface area contributed by atoms with Gasteiger partial charge in [0.25, 0.3) is 0 Å². The Hall–Kier alpha value is -3.11. The Kier molecular flexibility index (Phi) is 5.28. The van der Waals surface area contributed by atoms with E-state index in [9.17, 15) is 18.4 Å². The minimum Gasteiger partial charge on any atom is -0.360 e. The van der Waals surface area contributed by atoms with Gasteiger partial charge in [-0.25, -0.2) is 4.98 Å². The second-order valence-corrected chi connectivity index (χ2v) is 6.65. The molecule has 0 radical (unpaired) electrons. The van der Waals surface area contributed by atoms with Crippen LogP contribution in [-0.4, -0.2) is 4.98 Å². The van der Waals surface area contributed by atoms with Gasteiger partial charge in [-0.2, -0.15) is 18.4 Å². The van der Waals surface area contributed by atoms with Crippen molar-refractivity contribution in [3.8, 4) is 17.3 Å². The van der Waals surface area contributed by atoms with Gasteiger partial charge in [-0.1, -0.05) is 35.9 Å².